The van der Waals surface area contributed by atoms with E-state index in [-0.39, 0.29) is 23.3 Å². The molecule has 1 saturated carbocycles. The van der Waals surface area contributed by atoms with Gasteiger partial charge in [0.05, 0.1) is 12.0 Å². The van der Waals surface area contributed by atoms with Gasteiger partial charge in [-0.05, 0) is 25.0 Å². The minimum atomic E-state index is -0.519. The molecule has 0 atom stereocenters. The minimum Gasteiger partial charge on any atom is -0.490 e. The van der Waals surface area contributed by atoms with Crippen LogP contribution in [0, 0.1) is 16.0 Å². The third-order valence-electron chi connectivity index (χ3n) is 3.62. The number of carbonyl (C=O) groups is 1. The summed E-state index contributed by atoms with van der Waals surface area (Å²) in [6.07, 6.45) is 5.10. The van der Waals surface area contributed by atoms with Crippen LogP contribution in [-0.2, 0) is 4.79 Å². The molecular formula is C14H18N2O4. The molecule has 1 aromatic carbocycles. The van der Waals surface area contributed by atoms with Gasteiger partial charge in [-0.25, -0.2) is 0 Å². The van der Waals surface area contributed by atoms with E-state index >= 15 is 0 Å². The first kappa shape index (κ1) is 14.3. The number of nitrogens with one attached hydrogen (secondary N) is 1. The Kier molecular flexibility index (Phi) is 4.55. The van der Waals surface area contributed by atoms with Crippen molar-refractivity contribution in [2.24, 2.45) is 5.92 Å². The number of hydrogen-bond acceptors (Lipinski definition) is 4. The maximum absolute atomic E-state index is 12.1. The molecule has 2 rings (SSSR count). The van der Waals surface area contributed by atoms with Gasteiger partial charge >= 0.3 is 5.69 Å². The molecule has 1 amide bonds. The number of amides is 1. The van der Waals surface area contributed by atoms with Crippen molar-refractivity contribution in [3.63, 3.8) is 0 Å². The normalized spacial score (nSPS) is 15.7. The van der Waals surface area contributed by atoms with Crippen LogP contribution in [-0.4, -0.2) is 17.9 Å². The summed E-state index contributed by atoms with van der Waals surface area (Å²) in [6, 6.07) is 4.45. The number of methoxy groups -OCH3 is 1. The van der Waals surface area contributed by atoms with E-state index in [9.17, 15) is 14.9 Å². The molecule has 1 N–H and O–H groups in total. The summed E-state index contributed by atoms with van der Waals surface area (Å²) in [5, 5.41) is 13.7. The SMILES string of the molecule is COc1ccc(NC(=O)C2CCCCC2)cc1[N+](=O)[O-]. The zero-order valence-corrected chi connectivity index (χ0v) is 11.4. The van der Waals surface area contributed by atoms with E-state index in [0.717, 1.165) is 25.7 Å². The highest BCUT2D eigenvalue weighted by molar-refractivity contribution is 5.93. The Hall–Kier alpha value is -2.11. The molecule has 1 fully saturated rings. The van der Waals surface area contributed by atoms with E-state index in [1.54, 1.807) is 6.07 Å². The maximum atomic E-state index is 12.1. The third-order valence-corrected chi connectivity index (χ3v) is 3.62. The molecular weight excluding hydrogens is 260 g/mol. The number of nitro groups is 1. The van der Waals surface area contributed by atoms with Gasteiger partial charge in [0, 0.05) is 17.7 Å². The van der Waals surface area contributed by atoms with Crippen molar-refractivity contribution in [2.45, 2.75) is 32.1 Å². The van der Waals surface area contributed by atoms with Crippen molar-refractivity contribution in [1.29, 1.82) is 0 Å². The van der Waals surface area contributed by atoms with E-state index in [1.807, 2.05) is 0 Å². The van der Waals surface area contributed by atoms with Crippen LogP contribution in [0.2, 0.25) is 0 Å². The van der Waals surface area contributed by atoms with E-state index in [4.69, 9.17) is 4.74 Å². The number of benzene rings is 1. The number of nitrogens with zero attached hydrogens (tertiary/aromatic N) is 1. The monoisotopic (exact) mass is 278 g/mol. The second-order valence-electron chi connectivity index (χ2n) is 4.97. The Bertz CT molecular complexity index is 510. The lowest BCUT2D eigenvalue weighted by Gasteiger charge is -2.20. The molecule has 6 heteroatoms. The smallest absolute Gasteiger partial charge is 0.312 e. The van der Waals surface area contributed by atoms with Crippen LogP contribution in [0.25, 0.3) is 0 Å². The summed E-state index contributed by atoms with van der Waals surface area (Å²) in [6.45, 7) is 0. The second kappa shape index (κ2) is 6.36. The van der Waals surface area contributed by atoms with Gasteiger partial charge < -0.3 is 10.1 Å². The highest BCUT2D eigenvalue weighted by atomic mass is 16.6. The van der Waals surface area contributed by atoms with Crippen molar-refractivity contribution in [2.75, 3.05) is 12.4 Å². The topological polar surface area (TPSA) is 81.5 Å². The predicted octanol–water partition coefficient (Wildman–Crippen LogP) is 3.12. The summed E-state index contributed by atoms with van der Waals surface area (Å²) in [4.78, 5) is 22.5. The zero-order valence-electron chi connectivity index (χ0n) is 11.4. The van der Waals surface area contributed by atoms with E-state index < -0.39 is 4.92 Å². The molecule has 0 radical (unpaired) electrons. The molecule has 0 spiro atoms. The number of hydrogen-bond donors (Lipinski definition) is 1. The van der Waals surface area contributed by atoms with Crippen molar-refractivity contribution in [1.82, 2.24) is 0 Å². The van der Waals surface area contributed by atoms with Gasteiger partial charge in [0.25, 0.3) is 0 Å². The molecule has 0 aliphatic heterocycles. The van der Waals surface area contributed by atoms with Gasteiger partial charge in [0.2, 0.25) is 5.91 Å². The Morgan fingerprint density at radius 2 is 2.05 bits per heavy atom. The number of anilines is 1. The van der Waals surface area contributed by atoms with Gasteiger partial charge in [-0.2, -0.15) is 0 Å². The molecule has 1 aliphatic carbocycles. The number of carbonyl (C=O) groups excluding carboxylic acids is 1. The fraction of sp³-hybridized carbons (Fsp3) is 0.500. The standard InChI is InChI=1S/C14H18N2O4/c1-20-13-8-7-11(9-12(13)16(18)19)15-14(17)10-5-3-2-4-6-10/h7-10H,2-6H2,1H3,(H,15,17). The van der Waals surface area contributed by atoms with Crippen LogP contribution >= 0.6 is 0 Å². The Morgan fingerprint density at radius 1 is 1.35 bits per heavy atom. The first-order valence-electron chi connectivity index (χ1n) is 6.75. The summed E-state index contributed by atoms with van der Waals surface area (Å²) in [7, 11) is 1.38. The Balaban J connectivity index is 2.10. The lowest BCUT2D eigenvalue weighted by Crippen LogP contribution is -2.24. The lowest BCUT2D eigenvalue weighted by molar-refractivity contribution is -0.385. The fourth-order valence-corrected chi connectivity index (χ4v) is 2.52. The highest BCUT2D eigenvalue weighted by Gasteiger charge is 2.22. The quantitative estimate of drug-likeness (QED) is 0.677. The van der Waals surface area contributed by atoms with Crippen molar-refractivity contribution in [3.8, 4) is 5.75 Å². The largest absolute Gasteiger partial charge is 0.490 e. The zero-order chi connectivity index (χ0) is 14.5. The van der Waals surface area contributed by atoms with Crippen LogP contribution in [0.4, 0.5) is 11.4 Å². The van der Waals surface area contributed by atoms with Crippen molar-refractivity contribution in [3.05, 3.63) is 28.3 Å². The van der Waals surface area contributed by atoms with Gasteiger partial charge in [-0.15, -0.1) is 0 Å². The lowest BCUT2D eigenvalue weighted by atomic mass is 9.88. The number of rotatable bonds is 4. The van der Waals surface area contributed by atoms with E-state index in [0.29, 0.717) is 5.69 Å². The first-order chi connectivity index (χ1) is 9.61. The summed E-state index contributed by atoms with van der Waals surface area (Å²) in [5.74, 6) is 0.153. The Labute approximate surface area is 117 Å². The molecule has 0 unspecified atom stereocenters. The van der Waals surface area contributed by atoms with Crippen LogP contribution in [0.3, 0.4) is 0 Å². The summed E-state index contributed by atoms with van der Waals surface area (Å²) >= 11 is 0. The molecule has 0 aromatic heterocycles. The minimum absolute atomic E-state index is 0.0184. The first-order valence-corrected chi connectivity index (χ1v) is 6.75. The van der Waals surface area contributed by atoms with E-state index in [2.05, 4.69) is 5.32 Å². The number of nitro benzene ring substituents is 1. The highest BCUT2D eigenvalue weighted by Crippen LogP contribution is 2.30. The van der Waals surface area contributed by atoms with Crippen molar-refractivity contribution < 1.29 is 14.5 Å². The Morgan fingerprint density at radius 3 is 2.65 bits per heavy atom. The van der Waals surface area contributed by atoms with Gasteiger partial charge in [-0.1, -0.05) is 19.3 Å². The average Bonchev–Trinajstić information content (AvgIpc) is 2.48. The molecule has 1 aliphatic rings. The van der Waals surface area contributed by atoms with Gasteiger partial charge in [0.15, 0.2) is 5.75 Å². The molecule has 1 aromatic rings. The molecule has 6 nitrogen and oxygen atoms in total. The fourth-order valence-electron chi connectivity index (χ4n) is 2.52. The summed E-state index contributed by atoms with van der Waals surface area (Å²) in [5.41, 5.74) is 0.294. The average molecular weight is 278 g/mol. The molecule has 108 valence electrons. The van der Waals surface area contributed by atoms with Gasteiger partial charge in [0.1, 0.15) is 0 Å². The van der Waals surface area contributed by atoms with Crippen molar-refractivity contribution >= 4 is 17.3 Å². The second-order valence-corrected chi connectivity index (χ2v) is 4.97. The third kappa shape index (κ3) is 3.26. The maximum Gasteiger partial charge on any atom is 0.312 e. The molecule has 0 bridgehead atoms. The molecule has 0 heterocycles. The van der Waals surface area contributed by atoms with Crippen LogP contribution in [0.15, 0.2) is 18.2 Å². The number of ether oxygens (including phenoxy) is 1. The molecule has 0 saturated heterocycles. The van der Waals surface area contributed by atoms with Gasteiger partial charge in [-0.3, -0.25) is 14.9 Å². The summed E-state index contributed by atoms with van der Waals surface area (Å²) < 4.78 is 4.93. The van der Waals surface area contributed by atoms with Crippen LogP contribution < -0.4 is 10.1 Å². The van der Waals surface area contributed by atoms with Crippen LogP contribution in [0.1, 0.15) is 32.1 Å². The predicted molar refractivity (Wildman–Crippen MR) is 74.9 cm³/mol. The van der Waals surface area contributed by atoms with Crippen LogP contribution in [0.5, 0.6) is 5.75 Å². The molecule has 20 heavy (non-hydrogen) atoms. The van der Waals surface area contributed by atoms with E-state index in [1.165, 1.54) is 25.7 Å².